The highest BCUT2D eigenvalue weighted by Gasteiger charge is 2.36. The van der Waals surface area contributed by atoms with E-state index in [1.54, 1.807) is 30.3 Å². The van der Waals surface area contributed by atoms with Crippen molar-refractivity contribution in [1.29, 1.82) is 0 Å². The Kier molecular flexibility index (Phi) is 3.78. The molecule has 0 amide bonds. The molecule has 80 valence electrons. The van der Waals surface area contributed by atoms with Gasteiger partial charge in [0.05, 0.1) is 5.92 Å². The van der Waals surface area contributed by atoms with E-state index in [1.165, 1.54) is 6.08 Å². The molecule has 1 aromatic carbocycles. The summed E-state index contributed by atoms with van der Waals surface area (Å²) in [5, 5.41) is 0. The molecule has 1 unspecified atom stereocenters. The molecule has 0 aliphatic rings. The summed E-state index contributed by atoms with van der Waals surface area (Å²) in [5.74, 6) is -3.76. The molecule has 1 aromatic rings. The van der Waals surface area contributed by atoms with Crippen LogP contribution in [0.15, 0.2) is 55.6 Å². The smallest absolute Gasteiger partial charge is 0.201 e. The van der Waals surface area contributed by atoms with Crippen LogP contribution in [0.5, 0.6) is 0 Å². The third-order valence-electron chi connectivity index (χ3n) is 2.34. The fourth-order valence-corrected chi connectivity index (χ4v) is 1.51. The van der Waals surface area contributed by atoms with Gasteiger partial charge in [0.15, 0.2) is 0 Å². The van der Waals surface area contributed by atoms with Crippen molar-refractivity contribution in [3.8, 4) is 0 Å². The van der Waals surface area contributed by atoms with E-state index in [9.17, 15) is 8.78 Å². The second-order valence-electron chi connectivity index (χ2n) is 3.37. The summed E-state index contributed by atoms with van der Waals surface area (Å²) in [6, 6.07) is 8.72. The fraction of sp³-hybridized carbons (Fsp3) is 0.231. The number of halogens is 2. The number of benzene rings is 1. The Morgan fingerprint density at radius 2 is 1.80 bits per heavy atom. The van der Waals surface area contributed by atoms with Crippen molar-refractivity contribution in [3.63, 3.8) is 0 Å². The largest absolute Gasteiger partial charge is 0.273 e. The molecule has 0 saturated carbocycles. The van der Waals surface area contributed by atoms with E-state index in [0.29, 0.717) is 11.6 Å². The molecular weight excluding hydrogens is 194 g/mol. The van der Waals surface area contributed by atoms with Gasteiger partial charge in [-0.05, 0) is 18.1 Å². The van der Waals surface area contributed by atoms with Crippen LogP contribution >= 0.6 is 0 Å². The Bertz CT molecular complexity index is 328. The number of allylic oxidation sites excluding steroid dienone is 2. The molecule has 0 nitrogen and oxygen atoms in total. The van der Waals surface area contributed by atoms with Crippen molar-refractivity contribution < 1.29 is 8.78 Å². The Hall–Kier alpha value is -1.44. The summed E-state index contributed by atoms with van der Waals surface area (Å²) in [5.41, 5.74) is 0.613. The van der Waals surface area contributed by atoms with Gasteiger partial charge in [-0.15, -0.1) is 6.58 Å². The first kappa shape index (κ1) is 11.6. The predicted molar refractivity (Wildman–Crippen MR) is 59.1 cm³/mol. The van der Waals surface area contributed by atoms with Gasteiger partial charge in [-0.25, -0.2) is 8.78 Å². The molecule has 0 spiro atoms. The molecule has 0 fully saturated rings. The lowest BCUT2D eigenvalue weighted by molar-refractivity contribution is 0.0250. The van der Waals surface area contributed by atoms with Crippen LogP contribution in [0.2, 0.25) is 0 Å². The summed E-state index contributed by atoms with van der Waals surface area (Å²) >= 11 is 0. The van der Waals surface area contributed by atoms with Gasteiger partial charge in [0.1, 0.15) is 0 Å². The van der Waals surface area contributed by atoms with Gasteiger partial charge in [-0.2, -0.15) is 0 Å². The average molecular weight is 208 g/mol. The highest BCUT2D eigenvalue weighted by atomic mass is 19.3. The third kappa shape index (κ3) is 2.75. The molecule has 0 aliphatic carbocycles. The molecule has 0 bridgehead atoms. The summed E-state index contributed by atoms with van der Waals surface area (Å²) in [6.07, 6.45) is 2.45. The molecule has 0 aromatic heterocycles. The van der Waals surface area contributed by atoms with Crippen LogP contribution in [0.1, 0.15) is 17.9 Å². The maximum absolute atomic E-state index is 13.5. The van der Waals surface area contributed by atoms with E-state index in [1.807, 2.05) is 0 Å². The molecule has 0 radical (unpaired) electrons. The van der Waals surface area contributed by atoms with Gasteiger partial charge in [-0.3, -0.25) is 0 Å². The first-order valence-electron chi connectivity index (χ1n) is 4.79. The van der Waals surface area contributed by atoms with Gasteiger partial charge < -0.3 is 0 Å². The maximum atomic E-state index is 13.5. The van der Waals surface area contributed by atoms with Gasteiger partial charge >= 0.3 is 0 Å². The molecule has 0 aliphatic heterocycles. The van der Waals surface area contributed by atoms with E-state index < -0.39 is 11.8 Å². The molecule has 2 heteroatoms. The quantitative estimate of drug-likeness (QED) is 0.637. The van der Waals surface area contributed by atoms with E-state index in [4.69, 9.17) is 0 Å². The second kappa shape index (κ2) is 4.87. The number of rotatable bonds is 5. The average Bonchev–Trinajstić information content (AvgIpc) is 2.27. The van der Waals surface area contributed by atoms with Gasteiger partial charge in [0, 0.05) is 0 Å². The Labute approximate surface area is 88.9 Å². The molecule has 15 heavy (non-hydrogen) atoms. The lowest BCUT2D eigenvalue weighted by Gasteiger charge is -2.23. The monoisotopic (exact) mass is 208 g/mol. The van der Waals surface area contributed by atoms with Crippen molar-refractivity contribution in [2.24, 2.45) is 0 Å². The van der Waals surface area contributed by atoms with Crippen LogP contribution in [0.3, 0.4) is 0 Å². The fourth-order valence-electron chi connectivity index (χ4n) is 1.51. The van der Waals surface area contributed by atoms with Crippen LogP contribution in [0.25, 0.3) is 0 Å². The summed E-state index contributed by atoms with van der Waals surface area (Å²) < 4.78 is 27.0. The highest BCUT2D eigenvalue weighted by molar-refractivity contribution is 5.24. The van der Waals surface area contributed by atoms with Crippen molar-refractivity contribution in [3.05, 3.63) is 61.2 Å². The molecule has 1 rings (SSSR count). The minimum atomic E-state index is -2.89. The number of hydrogen-bond donors (Lipinski definition) is 0. The van der Waals surface area contributed by atoms with E-state index in [0.717, 1.165) is 0 Å². The normalized spacial score (nSPS) is 13.2. The lowest BCUT2D eigenvalue weighted by Crippen LogP contribution is -2.23. The Balaban J connectivity index is 3.03. The second-order valence-corrected chi connectivity index (χ2v) is 3.37. The zero-order chi connectivity index (χ0) is 11.3. The predicted octanol–water partition coefficient (Wildman–Crippen LogP) is 4.17. The van der Waals surface area contributed by atoms with Gasteiger partial charge in [0.2, 0.25) is 0 Å². The van der Waals surface area contributed by atoms with Crippen LogP contribution in [-0.4, -0.2) is 5.92 Å². The zero-order valence-corrected chi connectivity index (χ0v) is 8.50. The van der Waals surface area contributed by atoms with E-state index in [-0.39, 0.29) is 6.42 Å². The van der Waals surface area contributed by atoms with Crippen molar-refractivity contribution in [1.82, 2.24) is 0 Å². The van der Waals surface area contributed by atoms with Crippen LogP contribution < -0.4 is 0 Å². The van der Waals surface area contributed by atoms with Crippen LogP contribution in [0.4, 0.5) is 8.78 Å². The SMILES string of the molecule is C=CCC(c1ccccc1)C(F)(F)C=C. The van der Waals surface area contributed by atoms with Crippen LogP contribution in [-0.2, 0) is 0 Å². The van der Waals surface area contributed by atoms with Crippen molar-refractivity contribution >= 4 is 0 Å². The molecule has 0 heterocycles. The highest BCUT2D eigenvalue weighted by Crippen LogP contribution is 2.37. The number of hydrogen-bond acceptors (Lipinski definition) is 0. The van der Waals surface area contributed by atoms with Gasteiger partial charge in [-0.1, -0.05) is 43.0 Å². The lowest BCUT2D eigenvalue weighted by atomic mass is 9.89. The number of alkyl halides is 2. The Morgan fingerprint density at radius 3 is 2.27 bits per heavy atom. The third-order valence-corrected chi connectivity index (χ3v) is 2.34. The van der Waals surface area contributed by atoms with Crippen molar-refractivity contribution in [2.45, 2.75) is 18.3 Å². The molecule has 0 N–H and O–H groups in total. The van der Waals surface area contributed by atoms with Crippen LogP contribution in [0, 0.1) is 0 Å². The standard InChI is InChI=1S/C13H14F2/c1-3-8-12(13(14,15)4-2)11-9-6-5-7-10-11/h3-7,9-10,12H,1-2,8H2. The van der Waals surface area contributed by atoms with Crippen molar-refractivity contribution in [2.75, 3.05) is 0 Å². The molecule has 1 atom stereocenters. The topological polar surface area (TPSA) is 0 Å². The maximum Gasteiger partial charge on any atom is 0.273 e. The first-order chi connectivity index (χ1) is 7.11. The minimum absolute atomic E-state index is 0.239. The van der Waals surface area contributed by atoms with E-state index in [2.05, 4.69) is 13.2 Å². The summed E-state index contributed by atoms with van der Waals surface area (Å²) in [6.45, 7) is 6.68. The zero-order valence-electron chi connectivity index (χ0n) is 8.50. The first-order valence-corrected chi connectivity index (χ1v) is 4.79. The van der Waals surface area contributed by atoms with Gasteiger partial charge in [0.25, 0.3) is 5.92 Å². The summed E-state index contributed by atoms with van der Waals surface area (Å²) in [7, 11) is 0. The summed E-state index contributed by atoms with van der Waals surface area (Å²) in [4.78, 5) is 0. The molecule has 0 saturated heterocycles. The Morgan fingerprint density at radius 1 is 1.20 bits per heavy atom. The molecular formula is C13H14F2. The van der Waals surface area contributed by atoms with E-state index >= 15 is 0 Å². The minimum Gasteiger partial charge on any atom is -0.201 e.